The second-order valence-corrected chi connectivity index (χ2v) is 8.57. The third-order valence-corrected chi connectivity index (χ3v) is 6.61. The molecule has 6 rings (SSSR count). The molecule has 0 fully saturated rings. The highest BCUT2D eigenvalue weighted by Crippen LogP contribution is 2.26. The van der Waals surface area contributed by atoms with Gasteiger partial charge in [0.25, 0.3) is 11.1 Å². The molecule has 0 radical (unpaired) electrons. The van der Waals surface area contributed by atoms with E-state index in [2.05, 4.69) is 9.97 Å². The molecule has 0 spiro atoms. The summed E-state index contributed by atoms with van der Waals surface area (Å²) in [6.45, 7) is 2.17. The molecule has 164 valence electrons. The maximum absolute atomic E-state index is 13.8. The largest absolute Gasteiger partial charge is 0.467 e. The van der Waals surface area contributed by atoms with Crippen LogP contribution in [-0.2, 0) is 13.1 Å². The van der Waals surface area contributed by atoms with Gasteiger partial charge < -0.3 is 13.4 Å². The number of hydrogen-bond donors (Lipinski definition) is 0. The zero-order valence-corrected chi connectivity index (χ0v) is 18.3. The van der Waals surface area contributed by atoms with Gasteiger partial charge in [0.2, 0.25) is 11.0 Å². The van der Waals surface area contributed by atoms with Crippen LogP contribution in [0.4, 0.5) is 0 Å². The zero-order chi connectivity index (χ0) is 22.5. The maximum Gasteiger partial charge on any atom is 0.283 e. The molecule has 0 bridgehead atoms. The Morgan fingerprint density at radius 3 is 2.67 bits per heavy atom. The molecular formula is C23H17N5O4S. The standard InChI is InChI=1S/C23H17N5O4S/c1-14-21-17(11-20(29)26(14)12-15-5-4-9-31-15)27(13-19-24-8-10-32-19)28(22(21)30)23-25-16-6-2-3-7-18(16)33-23/h2-11H,12-13H2,1H3. The number of nitrogens with zero attached hydrogens (tertiary/aromatic N) is 5. The van der Waals surface area contributed by atoms with Gasteiger partial charge in [-0.05, 0) is 31.2 Å². The van der Waals surface area contributed by atoms with Gasteiger partial charge in [-0.15, -0.1) is 0 Å². The third kappa shape index (κ3) is 3.14. The summed E-state index contributed by atoms with van der Waals surface area (Å²) in [5.74, 6) is 1.05. The quantitative estimate of drug-likeness (QED) is 0.391. The van der Waals surface area contributed by atoms with E-state index in [1.165, 1.54) is 28.3 Å². The number of aromatic nitrogens is 5. The summed E-state index contributed by atoms with van der Waals surface area (Å²) < 4.78 is 16.6. The van der Waals surface area contributed by atoms with Crippen LogP contribution in [0.2, 0.25) is 0 Å². The zero-order valence-electron chi connectivity index (χ0n) is 17.5. The lowest BCUT2D eigenvalue weighted by atomic mass is 10.2. The number of aryl methyl sites for hydroxylation is 1. The van der Waals surface area contributed by atoms with Crippen LogP contribution in [0.15, 0.2) is 79.6 Å². The molecule has 1 aromatic carbocycles. The summed E-state index contributed by atoms with van der Waals surface area (Å²) in [4.78, 5) is 35.7. The van der Waals surface area contributed by atoms with E-state index < -0.39 is 0 Å². The second kappa shape index (κ2) is 7.45. The van der Waals surface area contributed by atoms with Crippen molar-refractivity contribution in [3.8, 4) is 5.13 Å². The third-order valence-electron chi connectivity index (χ3n) is 5.60. The van der Waals surface area contributed by atoms with Gasteiger partial charge in [-0.3, -0.25) is 14.3 Å². The molecule has 0 aliphatic carbocycles. The first-order valence-electron chi connectivity index (χ1n) is 10.2. The van der Waals surface area contributed by atoms with E-state index in [4.69, 9.17) is 8.83 Å². The number of pyridine rings is 1. The Balaban J connectivity index is 1.64. The molecule has 6 aromatic rings. The monoisotopic (exact) mass is 459 g/mol. The van der Waals surface area contributed by atoms with Crippen molar-refractivity contribution in [3.05, 3.63) is 99.2 Å². The summed E-state index contributed by atoms with van der Waals surface area (Å²) >= 11 is 1.40. The van der Waals surface area contributed by atoms with Gasteiger partial charge in [0.05, 0.1) is 40.1 Å². The van der Waals surface area contributed by atoms with Crippen molar-refractivity contribution in [3.63, 3.8) is 0 Å². The fourth-order valence-corrected chi connectivity index (χ4v) is 5.03. The van der Waals surface area contributed by atoms with E-state index in [9.17, 15) is 9.59 Å². The van der Waals surface area contributed by atoms with Crippen molar-refractivity contribution in [1.82, 2.24) is 23.9 Å². The Morgan fingerprint density at radius 1 is 1.03 bits per heavy atom. The lowest BCUT2D eigenvalue weighted by Gasteiger charge is -2.10. The second-order valence-electron chi connectivity index (χ2n) is 7.56. The molecule has 0 aliphatic heterocycles. The summed E-state index contributed by atoms with van der Waals surface area (Å²) in [6.07, 6.45) is 4.58. The van der Waals surface area contributed by atoms with E-state index >= 15 is 0 Å². The summed E-state index contributed by atoms with van der Waals surface area (Å²) in [5, 5.41) is 0.945. The van der Waals surface area contributed by atoms with E-state index in [0.29, 0.717) is 33.4 Å². The summed E-state index contributed by atoms with van der Waals surface area (Å²) in [6, 6.07) is 12.7. The Bertz CT molecular complexity index is 1690. The van der Waals surface area contributed by atoms with Crippen LogP contribution in [0.5, 0.6) is 0 Å². The number of hydrogen-bond acceptors (Lipinski definition) is 7. The molecule has 5 heterocycles. The van der Waals surface area contributed by atoms with Crippen LogP contribution >= 0.6 is 11.3 Å². The molecule has 33 heavy (non-hydrogen) atoms. The predicted octanol–water partition coefficient (Wildman–Crippen LogP) is 3.55. The van der Waals surface area contributed by atoms with E-state index in [0.717, 1.165) is 10.2 Å². The Morgan fingerprint density at radius 2 is 1.91 bits per heavy atom. The number of benzene rings is 1. The first-order chi connectivity index (χ1) is 16.1. The molecule has 0 aliphatic rings. The molecule has 10 heteroatoms. The molecule has 0 N–H and O–H groups in total. The average molecular weight is 459 g/mol. The first-order valence-corrected chi connectivity index (χ1v) is 11.0. The van der Waals surface area contributed by atoms with Crippen LogP contribution in [0.25, 0.3) is 26.3 Å². The number of rotatable bonds is 5. The molecule has 0 saturated heterocycles. The van der Waals surface area contributed by atoms with Gasteiger partial charge >= 0.3 is 0 Å². The van der Waals surface area contributed by atoms with Gasteiger partial charge in [0.1, 0.15) is 18.6 Å². The van der Waals surface area contributed by atoms with Crippen LogP contribution < -0.4 is 11.1 Å². The van der Waals surface area contributed by atoms with Crippen molar-refractivity contribution < 1.29 is 8.83 Å². The molecule has 0 unspecified atom stereocenters. The number of oxazole rings is 1. The van der Waals surface area contributed by atoms with Crippen LogP contribution in [0.3, 0.4) is 0 Å². The van der Waals surface area contributed by atoms with Crippen molar-refractivity contribution >= 4 is 32.5 Å². The highest BCUT2D eigenvalue weighted by molar-refractivity contribution is 7.20. The van der Waals surface area contributed by atoms with Crippen molar-refractivity contribution in [2.45, 2.75) is 20.0 Å². The highest BCUT2D eigenvalue weighted by atomic mass is 32.1. The first kappa shape index (κ1) is 19.5. The number of para-hydroxylation sites is 1. The Labute approximate surface area is 189 Å². The lowest BCUT2D eigenvalue weighted by Crippen LogP contribution is -2.23. The predicted molar refractivity (Wildman–Crippen MR) is 123 cm³/mol. The fraction of sp³-hybridized carbons (Fsp3) is 0.130. The minimum Gasteiger partial charge on any atom is -0.467 e. The molecule has 9 nitrogen and oxygen atoms in total. The number of fused-ring (bicyclic) bond motifs is 2. The molecule has 0 atom stereocenters. The lowest BCUT2D eigenvalue weighted by molar-refractivity contribution is 0.455. The van der Waals surface area contributed by atoms with Gasteiger partial charge in [-0.1, -0.05) is 23.5 Å². The SMILES string of the molecule is Cc1c2c(=O)n(-c3nc4ccccc4s3)n(Cc3ncco3)c2cc(=O)n1Cc1ccco1. The molecular weight excluding hydrogens is 442 g/mol. The van der Waals surface area contributed by atoms with Gasteiger partial charge in [0, 0.05) is 11.8 Å². The minimum absolute atomic E-state index is 0.169. The maximum atomic E-state index is 13.8. The fourth-order valence-electron chi connectivity index (χ4n) is 4.05. The summed E-state index contributed by atoms with van der Waals surface area (Å²) in [7, 11) is 0. The van der Waals surface area contributed by atoms with E-state index in [1.54, 1.807) is 40.8 Å². The molecule has 5 aromatic heterocycles. The molecule has 0 amide bonds. The van der Waals surface area contributed by atoms with E-state index in [1.807, 2.05) is 24.3 Å². The van der Waals surface area contributed by atoms with Crippen molar-refractivity contribution in [1.29, 1.82) is 0 Å². The topological polar surface area (TPSA) is 101 Å². The summed E-state index contributed by atoms with van der Waals surface area (Å²) in [5.41, 5.74) is 1.35. The number of furan rings is 1. The van der Waals surface area contributed by atoms with Gasteiger partial charge in [-0.2, -0.15) is 4.68 Å². The normalized spacial score (nSPS) is 11.7. The van der Waals surface area contributed by atoms with Crippen LogP contribution in [-0.4, -0.2) is 23.9 Å². The number of thiazole rings is 1. The van der Waals surface area contributed by atoms with Crippen LogP contribution in [0, 0.1) is 6.92 Å². The smallest absolute Gasteiger partial charge is 0.283 e. The highest BCUT2D eigenvalue weighted by Gasteiger charge is 2.23. The molecule has 0 saturated carbocycles. The Kier molecular flexibility index (Phi) is 4.40. The van der Waals surface area contributed by atoms with Gasteiger partial charge in [0.15, 0.2) is 0 Å². The van der Waals surface area contributed by atoms with Crippen molar-refractivity contribution in [2.24, 2.45) is 0 Å². The average Bonchev–Trinajstić information content (AvgIpc) is 3.59. The van der Waals surface area contributed by atoms with E-state index in [-0.39, 0.29) is 24.2 Å². The van der Waals surface area contributed by atoms with Crippen LogP contribution in [0.1, 0.15) is 17.3 Å². The Hall–Kier alpha value is -4.18. The minimum atomic E-state index is -0.263. The van der Waals surface area contributed by atoms with Gasteiger partial charge in [-0.25, -0.2) is 9.97 Å². The van der Waals surface area contributed by atoms with Crippen molar-refractivity contribution in [2.75, 3.05) is 0 Å².